The van der Waals surface area contributed by atoms with E-state index in [1.807, 2.05) is 0 Å². The molecule has 0 saturated heterocycles. The summed E-state index contributed by atoms with van der Waals surface area (Å²) >= 11 is 0. The molecule has 7 saturated carbocycles. The van der Waals surface area contributed by atoms with Gasteiger partial charge >= 0.3 is 0 Å². The molecule has 7 aliphatic carbocycles. The summed E-state index contributed by atoms with van der Waals surface area (Å²) in [5, 5.41) is 9.74. The second-order valence-electron chi connectivity index (χ2n) is 21.3. The summed E-state index contributed by atoms with van der Waals surface area (Å²) in [7, 11) is 0. The van der Waals surface area contributed by atoms with Gasteiger partial charge in [0.2, 0.25) is 0 Å². The van der Waals surface area contributed by atoms with Crippen LogP contribution in [0.25, 0.3) is 0 Å². The van der Waals surface area contributed by atoms with E-state index in [9.17, 15) is 13.9 Å². The molecule has 0 aromatic carbocycles. The van der Waals surface area contributed by atoms with Gasteiger partial charge in [-0.05, 0) is 172 Å². The molecule has 0 radical (unpaired) electrons. The molecule has 7 fully saturated rings. The van der Waals surface area contributed by atoms with Gasteiger partial charge in [-0.3, -0.25) is 0 Å². The number of terminal acetylenes is 1. The number of hydrogen-bond donors (Lipinski definition) is 1. The Kier molecular flexibility index (Phi) is 17.4. The third kappa shape index (κ3) is 12.2. The monoisotopic (exact) mass is 833 g/mol. The molecule has 7 aliphatic rings. The van der Waals surface area contributed by atoms with Crippen LogP contribution in [0.15, 0.2) is 0 Å². The number of rotatable bonds is 11. The minimum atomic E-state index is -1.69. The van der Waals surface area contributed by atoms with Gasteiger partial charge in [-0.2, -0.15) is 0 Å². The van der Waals surface area contributed by atoms with Gasteiger partial charge in [-0.15, -0.1) is 6.42 Å². The van der Waals surface area contributed by atoms with E-state index in [0.29, 0.717) is 31.6 Å². The summed E-state index contributed by atoms with van der Waals surface area (Å²) in [5.41, 5.74) is 0. The summed E-state index contributed by atoms with van der Waals surface area (Å²) in [6.45, 7) is 0. The number of aliphatic hydroxyl groups excluding tert-OH is 1. The molecule has 0 heterocycles. The molecule has 0 aromatic heterocycles. The summed E-state index contributed by atoms with van der Waals surface area (Å²) in [4.78, 5) is 0. The molecule has 7 rings (SSSR count). The number of ether oxygens (including phenoxy) is 1. The van der Waals surface area contributed by atoms with E-state index >= 15 is 8.78 Å². The average Bonchev–Trinajstić information content (AvgIpc) is 3.29. The summed E-state index contributed by atoms with van der Waals surface area (Å²) in [6.07, 6.45) is 32.9. The van der Waals surface area contributed by atoms with Crippen molar-refractivity contribution in [3.05, 3.63) is 0 Å². The Bertz CT molecular complexity index is 1540. The summed E-state index contributed by atoms with van der Waals surface area (Å²) < 4.78 is 64.6. The third-order valence-corrected chi connectivity index (χ3v) is 18.1. The van der Waals surface area contributed by atoms with Gasteiger partial charge in [0, 0.05) is 17.8 Å². The zero-order chi connectivity index (χ0) is 41.8. The molecule has 10 unspecified atom stereocenters. The molecule has 332 valence electrons. The van der Waals surface area contributed by atoms with Gasteiger partial charge in [-0.25, -0.2) is 17.6 Å². The Balaban J connectivity index is 0.733. The lowest BCUT2D eigenvalue weighted by Gasteiger charge is -2.43. The summed E-state index contributed by atoms with van der Waals surface area (Å²) in [5.74, 6) is 21.7. The third-order valence-electron chi connectivity index (χ3n) is 18.1. The number of alkyl halides is 4. The van der Waals surface area contributed by atoms with Crippen LogP contribution in [-0.4, -0.2) is 42.0 Å². The second-order valence-corrected chi connectivity index (χ2v) is 21.3. The lowest BCUT2D eigenvalue weighted by molar-refractivity contribution is -0.0549. The Morgan fingerprint density at radius 3 is 1.32 bits per heavy atom. The van der Waals surface area contributed by atoms with Crippen LogP contribution >= 0.6 is 0 Å². The van der Waals surface area contributed by atoms with Crippen molar-refractivity contribution < 1.29 is 27.4 Å². The molecule has 0 aliphatic heterocycles. The smallest absolute Gasteiger partial charge is 0.169 e. The Hall–Kier alpha value is -2.28. The van der Waals surface area contributed by atoms with Gasteiger partial charge in [0.25, 0.3) is 0 Å². The molecule has 6 heteroatoms. The minimum absolute atomic E-state index is 0.183. The van der Waals surface area contributed by atoms with E-state index in [-0.39, 0.29) is 17.8 Å². The lowest BCUT2D eigenvalue weighted by atomic mass is 9.63. The molecule has 0 spiro atoms. The molecule has 0 bridgehead atoms. The maximum Gasteiger partial charge on any atom is 0.169 e. The fourth-order valence-electron chi connectivity index (χ4n) is 14.4. The number of halogens is 4. The van der Waals surface area contributed by atoms with Crippen molar-refractivity contribution >= 4 is 0 Å². The fraction of sp³-hybridized carbons (Fsp3) is 0.852. The molecule has 0 aromatic rings. The highest BCUT2D eigenvalue weighted by Crippen LogP contribution is 2.49. The molecule has 1 N–H and O–H groups in total. The van der Waals surface area contributed by atoms with Gasteiger partial charge in [0.1, 0.15) is 24.6 Å². The minimum Gasteiger partial charge on any atom is -0.439 e. The quantitative estimate of drug-likeness (QED) is 0.166. The first kappa shape index (κ1) is 45.7. The Labute approximate surface area is 362 Å². The topological polar surface area (TPSA) is 29.5 Å². The molecule has 2 nitrogen and oxygen atoms in total. The van der Waals surface area contributed by atoms with E-state index in [0.717, 1.165) is 73.0 Å². The first-order chi connectivity index (χ1) is 29.3. The van der Waals surface area contributed by atoms with E-state index in [4.69, 9.17) is 11.2 Å². The SMILES string of the molecule is C#CC#CC#CC#COC1CCC(C2CCC(CCC3CCC(C4CCCC(C5CCC(CCC6CCC(C7CCC(O)C(F)C7F)CC6)CC5)C4)CC3)CC2)C(F)C1F. The maximum absolute atomic E-state index is 15.3. The van der Waals surface area contributed by atoms with Crippen LogP contribution in [-0.2, 0) is 4.74 Å². The van der Waals surface area contributed by atoms with Gasteiger partial charge in [0.05, 0.1) is 6.10 Å². The van der Waals surface area contributed by atoms with Crippen LogP contribution in [0.3, 0.4) is 0 Å². The molecular formula is C54H76F4O2. The second kappa shape index (κ2) is 22.9. The molecule has 10 atom stereocenters. The van der Waals surface area contributed by atoms with Crippen LogP contribution in [0, 0.1) is 119 Å². The van der Waals surface area contributed by atoms with Crippen LogP contribution in [0.4, 0.5) is 17.6 Å². The highest BCUT2D eigenvalue weighted by molar-refractivity contribution is 5.38. The van der Waals surface area contributed by atoms with Crippen molar-refractivity contribution in [3.8, 4) is 48.1 Å². The van der Waals surface area contributed by atoms with Crippen LogP contribution in [0.5, 0.6) is 0 Å². The largest absolute Gasteiger partial charge is 0.439 e. The van der Waals surface area contributed by atoms with E-state index in [2.05, 4.69) is 41.6 Å². The van der Waals surface area contributed by atoms with E-state index in [1.165, 1.54) is 128 Å². The van der Waals surface area contributed by atoms with Crippen molar-refractivity contribution in [2.75, 3.05) is 0 Å². The van der Waals surface area contributed by atoms with Crippen molar-refractivity contribution in [1.82, 2.24) is 0 Å². The standard InChI is InChI=1S/C54H76F4O2/c1-2-3-4-5-6-7-35-60-50-34-32-48(52(56)54(50)58)44-29-21-40(22-30-44)14-12-38-17-25-42(26-18-38)46-10-8-9-45(36-46)41-23-15-37(16-24-41)11-13-39-19-27-43(28-20-39)47-31-33-49(59)53(57)51(47)55/h1,37-54,59H,8-34,36H2. The Morgan fingerprint density at radius 1 is 0.417 bits per heavy atom. The molecular weight excluding hydrogens is 757 g/mol. The lowest BCUT2D eigenvalue weighted by Crippen LogP contribution is -2.45. The normalized spacial score (nSPS) is 43.7. The molecule has 60 heavy (non-hydrogen) atoms. The maximum atomic E-state index is 15.3. The predicted octanol–water partition coefficient (Wildman–Crippen LogP) is 13.1. The zero-order valence-corrected chi connectivity index (χ0v) is 36.6. The van der Waals surface area contributed by atoms with Crippen LogP contribution in [0.2, 0.25) is 0 Å². The van der Waals surface area contributed by atoms with Gasteiger partial charge in [-0.1, -0.05) is 96.3 Å². The van der Waals surface area contributed by atoms with E-state index in [1.54, 1.807) is 0 Å². The van der Waals surface area contributed by atoms with Gasteiger partial charge in [0.15, 0.2) is 12.3 Å². The van der Waals surface area contributed by atoms with Crippen LogP contribution < -0.4 is 0 Å². The van der Waals surface area contributed by atoms with E-state index < -0.39 is 36.9 Å². The average molecular weight is 833 g/mol. The zero-order valence-electron chi connectivity index (χ0n) is 36.6. The highest BCUT2D eigenvalue weighted by atomic mass is 19.2. The summed E-state index contributed by atoms with van der Waals surface area (Å²) in [6, 6.07) is 0. The fourth-order valence-corrected chi connectivity index (χ4v) is 14.4. The Morgan fingerprint density at radius 2 is 0.833 bits per heavy atom. The van der Waals surface area contributed by atoms with Crippen molar-refractivity contribution in [2.45, 2.75) is 217 Å². The van der Waals surface area contributed by atoms with Gasteiger partial charge < -0.3 is 9.84 Å². The number of hydrogen-bond acceptors (Lipinski definition) is 2. The first-order valence-electron chi connectivity index (χ1n) is 25.1. The van der Waals surface area contributed by atoms with Crippen LogP contribution in [0.1, 0.15) is 180 Å². The predicted molar refractivity (Wildman–Crippen MR) is 234 cm³/mol. The molecule has 0 amide bonds. The first-order valence-corrected chi connectivity index (χ1v) is 25.1. The number of aliphatic hydroxyl groups is 1. The van der Waals surface area contributed by atoms with Crippen molar-refractivity contribution in [1.29, 1.82) is 0 Å². The highest BCUT2D eigenvalue weighted by Gasteiger charge is 2.46. The van der Waals surface area contributed by atoms with Crippen molar-refractivity contribution in [3.63, 3.8) is 0 Å². The van der Waals surface area contributed by atoms with Crippen molar-refractivity contribution in [2.24, 2.45) is 71.0 Å².